The zero-order valence-electron chi connectivity index (χ0n) is 12.6. The van der Waals surface area contributed by atoms with Crippen molar-refractivity contribution in [3.63, 3.8) is 0 Å². The molecule has 0 aliphatic heterocycles. The number of aldehydes is 1. The molecular weight excluding hydrogens is 334 g/mol. The van der Waals surface area contributed by atoms with Gasteiger partial charge in [0.2, 0.25) is 0 Å². The number of unbranched alkanes of at least 4 members (excludes halogenated alkanes) is 1. The van der Waals surface area contributed by atoms with Crippen molar-refractivity contribution in [2.45, 2.75) is 33.1 Å². The Bertz CT molecular complexity index is 535. The van der Waals surface area contributed by atoms with Gasteiger partial charge >= 0.3 is 0 Å². The molecule has 0 unspecified atom stereocenters. The number of hydrogen-bond acceptors (Lipinski definition) is 4. The molecule has 21 heavy (non-hydrogen) atoms. The van der Waals surface area contributed by atoms with Crippen molar-refractivity contribution in [3.05, 3.63) is 22.2 Å². The lowest BCUT2D eigenvalue weighted by molar-refractivity contribution is 0.112. The SMILES string of the molecule is COc1cc(C=O)cc(Br)c1OCCCCC(C)(C)C#N. The molecule has 0 heterocycles. The first-order valence-electron chi connectivity index (χ1n) is 6.80. The Morgan fingerprint density at radius 3 is 2.67 bits per heavy atom. The van der Waals surface area contributed by atoms with Gasteiger partial charge < -0.3 is 9.47 Å². The van der Waals surface area contributed by atoms with Gasteiger partial charge in [-0.05, 0) is 61.2 Å². The van der Waals surface area contributed by atoms with Crippen LogP contribution in [0.25, 0.3) is 0 Å². The second kappa shape index (κ2) is 8.04. The van der Waals surface area contributed by atoms with Crippen molar-refractivity contribution in [2.75, 3.05) is 13.7 Å². The Kier molecular flexibility index (Phi) is 6.70. The molecule has 0 fully saturated rings. The van der Waals surface area contributed by atoms with Crippen LogP contribution in [0, 0.1) is 16.7 Å². The smallest absolute Gasteiger partial charge is 0.175 e. The predicted octanol–water partition coefficient (Wildman–Crippen LogP) is 4.37. The highest BCUT2D eigenvalue weighted by Gasteiger charge is 2.16. The van der Waals surface area contributed by atoms with Crippen LogP contribution in [0.15, 0.2) is 16.6 Å². The van der Waals surface area contributed by atoms with Crippen molar-refractivity contribution in [1.82, 2.24) is 0 Å². The zero-order chi connectivity index (χ0) is 15.9. The Labute approximate surface area is 134 Å². The molecule has 0 aliphatic carbocycles. The highest BCUT2D eigenvalue weighted by Crippen LogP contribution is 2.36. The minimum absolute atomic E-state index is 0.288. The van der Waals surface area contributed by atoms with E-state index < -0.39 is 0 Å². The average molecular weight is 354 g/mol. The third-order valence-corrected chi connectivity index (χ3v) is 3.72. The lowest BCUT2D eigenvalue weighted by Crippen LogP contribution is -2.08. The second-order valence-corrected chi connectivity index (χ2v) is 6.31. The van der Waals surface area contributed by atoms with Gasteiger partial charge in [0.05, 0.1) is 29.7 Å². The molecule has 0 saturated carbocycles. The normalized spacial score (nSPS) is 10.8. The second-order valence-electron chi connectivity index (χ2n) is 5.45. The number of halogens is 1. The first kappa shape index (κ1) is 17.5. The van der Waals surface area contributed by atoms with E-state index in [9.17, 15) is 4.79 Å². The molecule has 0 atom stereocenters. The fourth-order valence-corrected chi connectivity index (χ4v) is 2.42. The van der Waals surface area contributed by atoms with E-state index in [2.05, 4.69) is 22.0 Å². The Morgan fingerprint density at radius 1 is 1.38 bits per heavy atom. The summed E-state index contributed by atoms with van der Waals surface area (Å²) in [5.41, 5.74) is 0.242. The lowest BCUT2D eigenvalue weighted by Gasteiger charge is -2.16. The van der Waals surface area contributed by atoms with Crippen molar-refractivity contribution < 1.29 is 14.3 Å². The molecule has 0 radical (unpaired) electrons. The summed E-state index contributed by atoms with van der Waals surface area (Å²) >= 11 is 3.38. The highest BCUT2D eigenvalue weighted by molar-refractivity contribution is 9.10. The number of rotatable bonds is 8. The van der Waals surface area contributed by atoms with E-state index in [4.69, 9.17) is 14.7 Å². The van der Waals surface area contributed by atoms with Crippen LogP contribution in [0.1, 0.15) is 43.5 Å². The van der Waals surface area contributed by atoms with Gasteiger partial charge in [-0.15, -0.1) is 0 Å². The van der Waals surface area contributed by atoms with Gasteiger partial charge in [0, 0.05) is 5.56 Å². The quantitative estimate of drug-likeness (QED) is 0.514. The minimum Gasteiger partial charge on any atom is -0.493 e. The molecule has 0 saturated heterocycles. The van der Waals surface area contributed by atoms with Gasteiger partial charge in [-0.2, -0.15) is 5.26 Å². The van der Waals surface area contributed by atoms with E-state index in [1.807, 2.05) is 13.8 Å². The van der Waals surface area contributed by atoms with Gasteiger partial charge in [-0.1, -0.05) is 0 Å². The van der Waals surface area contributed by atoms with Crippen molar-refractivity contribution in [1.29, 1.82) is 5.26 Å². The number of carbonyl (C=O) groups is 1. The maximum absolute atomic E-state index is 10.8. The average Bonchev–Trinajstić information content (AvgIpc) is 2.47. The molecule has 114 valence electrons. The molecule has 0 aliphatic rings. The highest BCUT2D eigenvalue weighted by atomic mass is 79.9. The number of ether oxygens (including phenoxy) is 2. The topological polar surface area (TPSA) is 59.3 Å². The first-order chi connectivity index (χ1) is 9.93. The molecule has 0 bridgehead atoms. The van der Waals surface area contributed by atoms with Crippen LogP contribution in [0.2, 0.25) is 0 Å². The maximum Gasteiger partial charge on any atom is 0.175 e. The first-order valence-corrected chi connectivity index (χ1v) is 7.59. The van der Waals surface area contributed by atoms with E-state index >= 15 is 0 Å². The Balaban J connectivity index is 2.56. The molecule has 1 rings (SSSR count). The molecule has 5 heteroatoms. The van der Waals surface area contributed by atoms with Crippen molar-refractivity contribution in [2.24, 2.45) is 5.41 Å². The zero-order valence-corrected chi connectivity index (χ0v) is 14.2. The molecule has 1 aromatic carbocycles. The molecule has 0 spiro atoms. The number of benzene rings is 1. The van der Waals surface area contributed by atoms with Gasteiger partial charge in [0.25, 0.3) is 0 Å². The largest absolute Gasteiger partial charge is 0.493 e. The van der Waals surface area contributed by atoms with E-state index in [0.29, 0.717) is 28.1 Å². The summed E-state index contributed by atoms with van der Waals surface area (Å²) in [6, 6.07) is 5.63. The lowest BCUT2D eigenvalue weighted by atomic mass is 9.89. The Hall–Kier alpha value is -1.54. The van der Waals surface area contributed by atoms with Gasteiger partial charge in [0.1, 0.15) is 6.29 Å². The summed E-state index contributed by atoms with van der Waals surface area (Å²) in [6.45, 7) is 4.41. The summed E-state index contributed by atoms with van der Waals surface area (Å²) < 4.78 is 11.7. The third kappa shape index (κ3) is 5.39. The van der Waals surface area contributed by atoms with E-state index in [0.717, 1.165) is 25.5 Å². The summed E-state index contributed by atoms with van der Waals surface area (Å²) in [5.74, 6) is 1.13. The third-order valence-electron chi connectivity index (χ3n) is 3.13. The van der Waals surface area contributed by atoms with Crippen LogP contribution in [0.4, 0.5) is 0 Å². The number of nitriles is 1. The summed E-state index contributed by atoms with van der Waals surface area (Å²) in [4.78, 5) is 10.8. The molecule has 0 aromatic heterocycles. The molecule has 4 nitrogen and oxygen atoms in total. The maximum atomic E-state index is 10.8. The number of methoxy groups -OCH3 is 1. The summed E-state index contributed by atoms with van der Waals surface area (Å²) in [7, 11) is 1.54. The minimum atomic E-state index is -0.288. The van der Waals surface area contributed by atoms with Gasteiger partial charge in [-0.25, -0.2) is 0 Å². The van der Waals surface area contributed by atoms with Gasteiger partial charge in [-0.3, -0.25) is 4.79 Å². The van der Waals surface area contributed by atoms with Crippen LogP contribution in [0.5, 0.6) is 11.5 Å². The monoisotopic (exact) mass is 353 g/mol. The van der Waals surface area contributed by atoms with Crippen LogP contribution in [0.3, 0.4) is 0 Å². The van der Waals surface area contributed by atoms with Crippen LogP contribution in [-0.2, 0) is 0 Å². The molecule has 0 N–H and O–H groups in total. The fourth-order valence-electron chi connectivity index (χ4n) is 1.85. The Morgan fingerprint density at radius 2 is 2.10 bits per heavy atom. The van der Waals surface area contributed by atoms with E-state index in [-0.39, 0.29) is 5.41 Å². The van der Waals surface area contributed by atoms with Crippen LogP contribution >= 0.6 is 15.9 Å². The van der Waals surface area contributed by atoms with Gasteiger partial charge in [0.15, 0.2) is 11.5 Å². The standard InChI is InChI=1S/C16H20BrNO3/c1-16(2,11-18)6-4-5-7-21-15-13(17)8-12(10-19)9-14(15)20-3/h8-10H,4-7H2,1-3H3. The van der Waals surface area contributed by atoms with Crippen molar-refractivity contribution >= 4 is 22.2 Å². The fraction of sp³-hybridized carbons (Fsp3) is 0.500. The van der Waals surface area contributed by atoms with E-state index in [1.54, 1.807) is 19.2 Å². The number of hydrogen-bond donors (Lipinski definition) is 0. The summed E-state index contributed by atoms with van der Waals surface area (Å²) in [5, 5.41) is 8.95. The number of nitrogens with zero attached hydrogens (tertiary/aromatic N) is 1. The summed E-state index contributed by atoms with van der Waals surface area (Å²) in [6.07, 6.45) is 3.39. The molecule has 1 aromatic rings. The molecular formula is C16H20BrNO3. The predicted molar refractivity (Wildman–Crippen MR) is 84.8 cm³/mol. The molecule has 0 amide bonds. The van der Waals surface area contributed by atoms with E-state index in [1.165, 1.54) is 0 Å². The van der Waals surface area contributed by atoms with Crippen LogP contribution in [-0.4, -0.2) is 20.0 Å². The van der Waals surface area contributed by atoms with Crippen molar-refractivity contribution in [3.8, 4) is 17.6 Å². The number of carbonyl (C=O) groups excluding carboxylic acids is 1. The van der Waals surface area contributed by atoms with Crippen LogP contribution < -0.4 is 9.47 Å².